The molecule has 3 rings (SSSR count). The standard InChI is InChI=1S/C25H30N2O7S/c1-15(2)12-16-6-9-18(10-7-16)35(30,31)14-19-22(24(28)34-5)23(27-25(29)26-19)17-8-11-20(32-3)21(13-17)33-4/h6-11,13,15,23H,12,14H2,1-5H3,(H2,26,27,29)/t23-/m0/s1. The van der Waals surface area contributed by atoms with Crippen molar-refractivity contribution in [3.05, 3.63) is 64.9 Å². The fourth-order valence-electron chi connectivity index (χ4n) is 3.94. The van der Waals surface area contributed by atoms with Crippen LogP contribution in [0.15, 0.2) is 58.6 Å². The highest BCUT2D eigenvalue weighted by Crippen LogP contribution is 2.35. The summed E-state index contributed by atoms with van der Waals surface area (Å²) in [7, 11) is 0.257. The molecule has 0 saturated carbocycles. The number of carbonyl (C=O) groups is 2. The lowest BCUT2D eigenvalue weighted by Crippen LogP contribution is -2.47. The van der Waals surface area contributed by atoms with Gasteiger partial charge in [0.15, 0.2) is 21.3 Å². The highest BCUT2D eigenvalue weighted by Gasteiger charge is 2.36. The first-order valence-electron chi connectivity index (χ1n) is 11.0. The summed E-state index contributed by atoms with van der Waals surface area (Å²) in [6, 6.07) is 9.92. The van der Waals surface area contributed by atoms with Crippen LogP contribution in [-0.2, 0) is 25.8 Å². The van der Waals surface area contributed by atoms with Crippen molar-refractivity contribution in [3.63, 3.8) is 0 Å². The smallest absolute Gasteiger partial charge is 0.338 e. The topological polar surface area (TPSA) is 120 Å². The predicted octanol–water partition coefficient (Wildman–Crippen LogP) is 3.16. The number of amides is 2. The first kappa shape index (κ1) is 26.1. The van der Waals surface area contributed by atoms with E-state index in [1.807, 2.05) is 0 Å². The van der Waals surface area contributed by atoms with Gasteiger partial charge in [0, 0.05) is 5.70 Å². The average molecular weight is 503 g/mol. The van der Waals surface area contributed by atoms with Crippen molar-refractivity contribution in [1.82, 2.24) is 10.6 Å². The summed E-state index contributed by atoms with van der Waals surface area (Å²) in [6.45, 7) is 4.17. The van der Waals surface area contributed by atoms with Gasteiger partial charge in [-0.25, -0.2) is 18.0 Å². The van der Waals surface area contributed by atoms with Gasteiger partial charge in [-0.05, 0) is 47.7 Å². The first-order valence-corrected chi connectivity index (χ1v) is 12.7. The number of sulfone groups is 1. The van der Waals surface area contributed by atoms with E-state index in [4.69, 9.17) is 14.2 Å². The summed E-state index contributed by atoms with van der Waals surface area (Å²) >= 11 is 0. The summed E-state index contributed by atoms with van der Waals surface area (Å²) in [5.74, 6) is -0.0713. The quantitative estimate of drug-likeness (QED) is 0.506. The van der Waals surface area contributed by atoms with Gasteiger partial charge in [-0.15, -0.1) is 0 Å². The molecule has 35 heavy (non-hydrogen) atoms. The third kappa shape index (κ3) is 5.94. The number of methoxy groups -OCH3 is 3. The van der Waals surface area contributed by atoms with Gasteiger partial charge in [-0.2, -0.15) is 0 Å². The maximum absolute atomic E-state index is 13.2. The summed E-state index contributed by atoms with van der Waals surface area (Å²) < 4.78 is 42.0. The zero-order valence-electron chi connectivity index (χ0n) is 20.4. The molecule has 2 aromatic rings. The molecule has 0 aliphatic carbocycles. The number of benzene rings is 2. The number of nitrogens with one attached hydrogen (secondary N) is 2. The molecule has 9 nitrogen and oxygen atoms in total. The summed E-state index contributed by atoms with van der Waals surface area (Å²) in [5, 5.41) is 5.16. The van der Waals surface area contributed by atoms with Gasteiger partial charge in [0.2, 0.25) is 0 Å². The largest absolute Gasteiger partial charge is 0.493 e. The number of rotatable bonds is 9. The lowest BCUT2D eigenvalue weighted by Gasteiger charge is -2.29. The van der Waals surface area contributed by atoms with Crippen LogP contribution in [0.25, 0.3) is 0 Å². The Bertz CT molecular complexity index is 1230. The average Bonchev–Trinajstić information content (AvgIpc) is 2.82. The Morgan fingerprint density at radius 3 is 2.23 bits per heavy atom. The maximum Gasteiger partial charge on any atom is 0.338 e. The van der Waals surface area contributed by atoms with Crippen molar-refractivity contribution in [3.8, 4) is 11.5 Å². The number of urea groups is 1. The molecule has 0 bridgehead atoms. The summed E-state index contributed by atoms with van der Waals surface area (Å²) in [6.07, 6.45) is 0.826. The van der Waals surface area contributed by atoms with E-state index in [1.54, 1.807) is 42.5 Å². The molecule has 10 heteroatoms. The molecule has 1 aliphatic rings. The molecule has 0 fully saturated rings. The fraction of sp³-hybridized carbons (Fsp3) is 0.360. The minimum absolute atomic E-state index is 0.0145. The van der Waals surface area contributed by atoms with E-state index in [0.29, 0.717) is 23.0 Å². The molecule has 2 N–H and O–H groups in total. The highest BCUT2D eigenvalue weighted by molar-refractivity contribution is 7.91. The van der Waals surface area contributed by atoms with Crippen LogP contribution in [0.5, 0.6) is 11.5 Å². The second kappa shape index (κ2) is 10.8. The lowest BCUT2D eigenvalue weighted by molar-refractivity contribution is -0.136. The Kier molecular flexibility index (Phi) is 8.06. The summed E-state index contributed by atoms with van der Waals surface area (Å²) in [4.78, 5) is 25.4. The third-order valence-corrected chi connectivity index (χ3v) is 7.22. The van der Waals surface area contributed by atoms with Gasteiger partial charge in [-0.1, -0.05) is 32.0 Å². The van der Waals surface area contributed by atoms with Crippen molar-refractivity contribution in [1.29, 1.82) is 0 Å². The fourth-order valence-corrected chi connectivity index (χ4v) is 5.27. The predicted molar refractivity (Wildman–Crippen MR) is 130 cm³/mol. The number of hydrogen-bond acceptors (Lipinski definition) is 7. The third-order valence-electron chi connectivity index (χ3n) is 5.56. The van der Waals surface area contributed by atoms with Crippen LogP contribution in [-0.4, -0.2) is 47.5 Å². The van der Waals surface area contributed by atoms with Crippen molar-refractivity contribution in [2.75, 3.05) is 27.1 Å². The highest BCUT2D eigenvalue weighted by atomic mass is 32.2. The molecular formula is C25H30N2O7S. The first-order chi connectivity index (χ1) is 16.6. The molecule has 0 radical (unpaired) electrons. The minimum Gasteiger partial charge on any atom is -0.493 e. The molecule has 2 aromatic carbocycles. The van der Waals surface area contributed by atoms with Gasteiger partial charge in [0.05, 0.1) is 43.6 Å². The van der Waals surface area contributed by atoms with Crippen molar-refractivity contribution in [2.45, 2.75) is 31.2 Å². The Hall–Kier alpha value is -3.53. The van der Waals surface area contributed by atoms with Crippen LogP contribution >= 0.6 is 0 Å². The van der Waals surface area contributed by atoms with E-state index in [0.717, 1.165) is 12.0 Å². The van der Waals surface area contributed by atoms with E-state index >= 15 is 0 Å². The molecule has 1 aliphatic heterocycles. The Morgan fingerprint density at radius 2 is 1.66 bits per heavy atom. The number of esters is 1. The molecule has 1 heterocycles. The van der Waals surface area contributed by atoms with Gasteiger partial charge in [-0.3, -0.25) is 0 Å². The molecule has 1 atom stereocenters. The zero-order valence-corrected chi connectivity index (χ0v) is 21.2. The Labute approximate surface area is 205 Å². The second-order valence-corrected chi connectivity index (χ2v) is 10.5. The van der Waals surface area contributed by atoms with E-state index in [9.17, 15) is 18.0 Å². The van der Waals surface area contributed by atoms with Gasteiger partial charge in [0.1, 0.15) is 0 Å². The van der Waals surface area contributed by atoms with Gasteiger partial charge in [0.25, 0.3) is 0 Å². The maximum atomic E-state index is 13.2. The zero-order chi connectivity index (χ0) is 25.8. The molecule has 0 saturated heterocycles. The number of ether oxygens (including phenoxy) is 3. The molecule has 188 valence electrons. The molecular weight excluding hydrogens is 472 g/mol. The number of hydrogen-bond donors (Lipinski definition) is 2. The van der Waals surface area contributed by atoms with Crippen LogP contribution in [0.2, 0.25) is 0 Å². The van der Waals surface area contributed by atoms with E-state index in [2.05, 4.69) is 24.5 Å². The van der Waals surface area contributed by atoms with Gasteiger partial charge < -0.3 is 24.8 Å². The van der Waals surface area contributed by atoms with E-state index in [-0.39, 0.29) is 16.2 Å². The van der Waals surface area contributed by atoms with E-state index in [1.165, 1.54) is 21.3 Å². The summed E-state index contributed by atoms with van der Waals surface area (Å²) in [5.41, 5.74) is 1.45. The normalized spacial score (nSPS) is 15.9. The van der Waals surface area contributed by atoms with Crippen LogP contribution in [0.4, 0.5) is 4.79 Å². The van der Waals surface area contributed by atoms with Crippen LogP contribution < -0.4 is 20.1 Å². The molecule has 0 spiro atoms. The SMILES string of the molecule is COC(=O)C1=C(CS(=O)(=O)c2ccc(CC(C)C)cc2)NC(=O)N[C@H]1c1ccc(OC)c(OC)c1. The van der Waals surface area contributed by atoms with E-state index < -0.39 is 33.6 Å². The molecule has 0 aromatic heterocycles. The lowest BCUT2D eigenvalue weighted by atomic mass is 9.95. The van der Waals surface area contributed by atoms with Crippen LogP contribution in [0, 0.1) is 5.92 Å². The molecule has 2 amide bonds. The number of carbonyl (C=O) groups excluding carboxylic acids is 2. The molecule has 0 unspecified atom stereocenters. The van der Waals surface area contributed by atoms with Crippen molar-refractivity contribution >= 4 is 21.8 Å². The van der Waals surface area contributed by atoms with Crippen LogP contribution in [0.1, 0.15) is 31.0 Å². The van der Waals surface area contributed by atoms with Crippen LogP contribution in [0.3, 0.4) is 0 Å². The van der Waals surface area contributed by atoms with Crippen molar-refractivity contribution in [2.24, 2.45) is 5.92 Å². The monoisotopic (exact) mass is 502 g/mol. The van der Waals surface area contributed by atoms with Crippen molar-refractivity contribution < 1.29 is 32.2 Å². The van der Waals surface area contributed by atoms with Gasteiger partial charge >= 0.3 is 12.0 Å². The Morgan fingerprint density at radius 1 is 1.00 bits per heavy atom. The minimum atomic E-state index is -3.89. The Balaban J connectivity index is 2.04. The second-order valence-electron chi connectivity index (χ2n) is 8.53.